The Hall–Kier alpha value is -1.46. The predicted molar refractivity (Wildman–Crippen MR) is 57.5 cm³/mol. The maximum Gasteiger partial charge on any atom is 0.288 e. The molecule has 0 fully saturated rings. The van der Waals surface area contributed by atoms with Gasteiger partial charge in [0.15, 0.2) is 0 Å². The highest BCUT2D eigenvalue weighted by molar-refractivity contribution is 5.92. The summed E-state index contributed by atoms with van der Waals surface area (Å²) in [6.45, 7) is 4.74. The van der Waals surface area contributed by atoms with Gasteiger partial charge in [-0.15, -0.1) is 0 Å². The molecule has 6 heteroatoms. The van der Waals surface area contributed by atoms with Gasteiger partial charge in [-0.05, 0) is 6.07 Å². The number of aromatic nitrogens is 2. The van der Waals surface area contributed by atoms with Crippen molar-refractivity contribution in [1.82, 2.24) is 15.1 Å². The fraction of sp³-hybridized carbons (Fsp3) is 0.600. The minimum absolute atomic E-state index is 0.115. The maximum atomic E-state index is 12.8. The van der Waals surface area contributed by atoms with Gasteiger partial charge in [-0.1, -0.05) is 13.8 Å². The molecule has 16 heavy (non-hydrogen) atoms. The molecule has 0 aromatic carbocycles. The molecule has 0 atom stereocenters. The van der Waals surface area contributed by atoms with Crippen molar-refractivity contribution in [3.63, 3.8) is 0 Å². The summed E-state index contributed by atoms with van der Waals surface area (Å²) in [7, 11) is 2.87. The van der Waals surface area contributed by atoms with Crippen LogP contribution in [0.3, 0.4) is 0 Å². The van der Waals surface area contributed by atoms with Crippen molar-refractivity contribution >= 4 is 5.91 Å². The van der Waals surface area contributed by atoms with Crippen molar-refractivity contribution in [3.05, 3.63) is 17.5 Å². The number of aryl methyl sites for hydroxylation is 1. The van der Waals surface area contributed by atoms with Crippen molar-refractivity contribution in [1.29, 1.82) is 0 Å². The van der Waals surface area contributed by atoms with Gasteiger partial charge in [-0.3, -0.25) is 9.48 Å². The highest BCUT2D eigenvalue weighted by atomic mass is 19.3. The lowest BCUT2D eigenvalue weighted by Gasteiger charge is -2.03. The lowest BCUT2D eigenvalue weighted by molar-refractivity contribution is 0.0122. The molecule has 0 bridgehead atoms. The number of hydrogen-bond donors (Lipinski definition) is 1. The minimum Gasteiger partial charge on any atom is -0.354 e. The SMILES string of the molecule is CC.CNC(=O)c1cc(C(C)(F)F)nn1C. The number of rotatable bonds is 2. The van der Waals surface area contributed by atoms with E-state index in [0.717, 1.165) is 17.7 Å². The van der Waals surface area contributed by atoms with Crippen LogP contribution in [0.5, 0.6) is 0 Å². The van der Waals surface area contributed by atoms with Gasteiger partial charge < -0.3 is 5.32 Å². The van der Waals surface area contributed by atoms with E-state index in [0.29, 0.717) is 0 Å². The van der Waals surface area contributed by atoms with Gasteiger partial charge in [0.05, 0.1) is 0 Å². The first-order chi connectivity index (χ1) is 7.36. The monoisotopic (exact) mass is 233 g/mol. The number of nitrogens with one attached hydrogen (secondary N) is 1. The number of alkyl halides is 2. The molecule has 1 aromatic heterocycles. The molecule has 1 rings (SSSR count). The van der Waals surface area contributed by atoms with Crippen LogP contribution >= 0.6 is 0 Å². The van der Waals surface area contributed by atoms with Gasteiger partial charge in [-0.2, -0.15) is 13.9 Å². The molecule has 1 amide bonds. The minimum atomic E-state index is -3.02. The number of amides is 1. The van der Waals surface area contributed by atoms with Gasteiger partial charge in [0.1, 0.15) is 11.4 Å². The van der Waals surface area contributed by atoms with E-state index in [1.54, 1.807) is 0 Å². The Labute approximate surface area is 93.6 Å². The molecule has 1 heterocycles. The molecule has 4 nitrogen and oxygen atoms in total. The third-order valence-corrected chi connectivity index (χ3v) is 1.79. The number of carbonyl (C=O) groups is 1. The normalized spacial score (nSPS) is 10.4. The Bertz CT molecular complexity index is 355. The summed E-state index contributed by atoms with van der Waals surface area (Å²) < 4.78 is 26.7. The maximum absolute atomic E-state index is 12.8. The fourth-order valence-corrected chi connectivity index (χ4v) is 1.02. The molecule has 1 aromatic rings. The highest BCUT2D eigenvalue weighted by Gasteiger charge is 2.29. The zero-order chi connectivity index (χ0) is 12.9. The first kappa shape index (κ1) is 14.5. The van der Waals surface area contributed by atoms with E-state index >= 15 is 0 Å². The van der Waals surface area contributed by atoms with E-state index in [1.165, 1.54) is 14.1 Å². The quantitative estimate of drug-likeness (QED) is 0.848. The van der Waals surface area contributed by atoms with Crippen LogP contribution in [0.2, 0.25) is 0 Å². The van der Waals surface area contributed by atoms with E-state index in [4.69, 9.17) is 0 Å². The Kier molecular flexibility index (Phi) is 5.07. The summed E-state index contributed by atoms with van der Waals surface area (Å²) in [6.07, 6.45) is 0. The van der Waals surface area contributed by atoms with Crippen LogP contribution < -0.4 is 5.32 Å². The fourth-order valence-electron chi connectivity index (χ4n) is 1.02. The molecule has 0 aliphatic rings. The van der Waals surface area contributed by atoms with Gasteiger partial charge >= 0.3 is 0 Å². The summed E-state index contributed by atoms with van der Waals surface area (Å²) in [6, 6.07) is 1.08. The largest absolute Gasteiger partial charge is 0.354 e. The van der Waals surface area contributed by atoms with Crippen LogP contribution in [0, 0.1) is 0 Å². The first-order valence-electron chi connectivity index (χ1n) is 5.00. The Morgan fingerprint density at radius 3 is 2.31 bits per heavy atom. The number of halogens is 2. The average Bonchev–Trinajstić information content (AvgIpc) is 2.62. The third kappa shape index (κ3) is 3.29. The summed E-state index contributed by atoms with van der Waals surface area (Å²) in [5.41, 5.74) is -0.289. The Balaban J connectivity index is 0.00000106. The Morgan fingerprint density at radius 1 is 1.50 bits per heavy atom. The van der Waals surface area contributed by atoms with Crippen LogP contribution in [0.4, 0.5) is 8.78 Å². The van der Waals surface area contributed by atoms with Crippen molar-refractivity contribution in [3.8, 4) is 0 Å². The second kappa shape index (κ2) is 5.58. The van der Waals surface area contributed by atoms with Crippen molar-refractivity contribution < 1.29 is 13.6 Å². The molecule has 0 aliphatic carbocycles. The van der Waals surface area contributed by atoms with E-state index in [1.807, 2.05) is 13.8 Å². The van der Waals surface area contributed by atoms with E-state index in [9.17, 15) is 13.6 Å². The molecular weight excluding hydrogens is 216 g/mol. The molecule has 0 unspecified atom stereocenters. The highest BCUT2D eigenvalue weighted by Crippen LogP contribution is 2.25. The number of hydrogen-bond acceptors (Lipinski definition) is 2. The van der Waals surface area contributed by atoms with E-state index in [-0.39, 0.29) is 5.69 Å². The molecular formula is C10H17F2N3O. The second-order valence-corrected chi connectivity index (χ2v) is 3.01. The van der Waals surface area contributed by atoms with Crippen LogP contribution in [0.25, 0.3) is 0 Å². The molecule has 0 spiro atoms. The number of nitrogens with zero attached hydrogens (tertiary/aromatic N) is 2. The van der Waals surface area contributed by atoms with Crippen molar-refractivity contribution in [2.75, 3.05) is 7.05 Å². The van der Waals surface area contributed by atoms with Crippen LogP contribution in [0.15, 0.2) is 6.07 Å². The summed E-state index contributed by atoms with van der Waals surface area (Å²) in [5, 5.41) is 5.90. The standard InChI is InChI=1S/C8H11F2N3O.C2H6/c1-8(9,10)6-4-5(7(14)11-2)13(3)12-6;1-2/h4H,1-3H3,(H,11,14);1-2H3. The number of carbonyl (C=O) groups excluding carboxylic acids is 1. The van der Waals surface area contributed by atoms with Crippen LogP contribution in [-0.4, -0.2) is 22.7 Å². The van der Waals surface area contributed by atoms with Crippen LogP contribution in [-0.2, 0) is 13.0 Å². The van der Waals surface area contributed by atoms with Crippen molar-refractivity contribution in [2.45, 2.75) is 26.7 Å². The molecule has 0 saturated carbocycles. The molecule has 1 N–H and O–H groups in total. The molecule has 0 aliphatic heterocycles. The second-order valence-electron chi connectivity index (χ2n) is 3.01. The zero-order valence-electron chi connectivity index (χ0n) is 10.1. The predicted octanol–water partition coefficient (Wildman–Crippen LogP) is 1.92. The topological polar surface area (TPSA) is 46.9 Å². The lowest BCUT2D eigenvalue weighted by atomic mass is 10.2. The van der Waals surface area contributed by atoms with E-state index < -0.39 is 17.5 Å². The van der Waals surface area contributed by atoms with Gasteiger partial charge in [-0.25, -0.2) is 0 Å². The van der Waals surface area contributed by atoms with Crippen LogP contribution in [0.1, 0.15) is 37.0 Å². The smallest absolute Gasteiger partial charge is 0.288 e. The van der Waals surface area contributed by atoms with Crippen molar-refractivity contribution in [2.24, 2.45) is 7.05 Å². The summed E-state index contributed by atoms with van der Waals surface area (Å²) in [5.74, 6) is -3.46. The zero-order valence-corrected chi connectivity index (χ0v) is 10.1. The van der Waals surface area contributed by atoms with Gasteiger partial charge in [0.2, 0.25) is 0 Å². The lowest BCUT2D eigenvalue weighted by Crippen LogP contribution is -2.20. The Morgan fingerprint density at radius 2 is 2.00 bits per heavy atom. The summed E-state index contributed by atoms with van der Waals surface area (Å²) >= 11 is 0. The van der Waals surface area contributed by atoms with Gasteiger partial charge in [0, 0.05) is 21.0 Å². The molecule has 0 radical (unpaired) electrons. The van der Waals surface area contributed by atoms with E-state index in [2.05, 4.69) is 10.4 Å². The average molecular weight is 233 g/mol. The third-order valence-electron chi connectivity index (χ3n) is 1.79. The first-order valence-corrected chi connectivity index (χ1v) is 5.00. The molecule has 92 valence electrons. The van der Waals surface area contributed by atoms with Gasteiger partial charge in [0.25, 0.3) is 11.8 Å². The molecule has 0 saturated heterocycles. The summed E-state index contributed by atoms with van der Waals surface area (Å²) in [4.78, 5) is 11.2.